The van der Waals surface area contributed by atoms with Gasteiger partial charge >= 0.3 is 0 Å². The Hall–Kier alpha value is -7.39. The lowest BCUT2D eigenvalue weighted by Gasteiger charge is -2.27. The summed E-state index contributed by atoms with van der Waals surface area (Å²) in [6.45, 7) is 12.6. The van der Waals surface area contributed by atoms with Gasteiger partial charge in [0.15, 0.2) is 0 Å². The van der Waals surface area contributed by atoms with Crippen LogP contribution in [-0.4, -0.2) is 24.9 Å². The predicted molar refractivity (Wildman–Crippen MR) is 291 cm³/mol. The lowest BCUT2D eigenvalue weighted by molar-refractivity contribution is 1.30. The van der Waals surface area contributed by atoms with Crippen molar-refractivity contribution in [2.75, 3.05) is 9.80 Å². The van der Waals surface area contributed by atoms with Gasteiger partial charge in [-0.3, -0.25) is 0 Å². The zero-order valence-electron chi connectivity index (χ0n) is 60.4. The van der Waals surface area contributed by atoms with Crippen LogP contribution in [0.5, 0.6) is 0 Å². The van der Waals surface area contributed by atoms with Gasteiger partial charge in [-0.05, 0) is 84.7 Å². The van der Waals surface area contributed by atoms with Crippen molar-refractivity contribution in [3.8, 4) is 0 Å². The van der Waals surface area contributed by atoms with E-state index >= 15 is 0 Å². The van der Waals surface area contributed by atoms with E-state index in [-0.39, 0.29) is 98.9 Å². The Morgan fingerprint density at radius 1 is 0.348 bits per heavy atom. The van der Waals surface area contributed by atoms with Crippen molar-refractivity contribution in [1.29, 1.82) is 0 Å². The highest BCUT2D eigenvalue weighted by atomic mass is 28.3. The van der Waals surface area contributed by atoms with E-state index in [0.717, 1.165) is 10.4 Å². The Bertz CT molecular complexity index is 5050. The Morgan fingerprint density at radius 3 is 1.09 bits per heavy atom. The van der Waals surface area contributed by atoms with Crippen LogP contribution in [0.1, 0.15) is 32.9 Å². The molecule has 4 aromatic heterocycles. The van der Waals surface area contributed by atoms with Gasteiger partial charge in [0.2, 0.25) is 0 Å². The third kappa shape index (κ3) is 5.61. The Kier molecular flexibility index (Phi) is 4.63. The highest BCUT2D eigenvalue weighted by Gasteiger charge is 2.28. The molecular weight excluding hydrogens is 833 g/mol. The summed E-state index contributed by atoms with van der Waals surface area (Å²) in [5.41, 5.74) is -2.92. The number of fused-ring (bicyclic) bond motifs is 12. The molecule has 0 amide bonds. The summed E-state index contributed by atoms with van der Waals surface area (Å²) >= 11 is 0. The first-order valence-corrected chi connectivity index (χ1v) is 28.3. The summed E-state index contributed by atoms with van der Waals surface area (Å²) in [5, 5.41) is -0.0828. The molecule has 0 N–H and O–H groups in total. The van der Waals surface area contributed by atoms with Gasteiger partial charge in [-0.1, -0.05) is 159 Å². The van der Waals surface area contributed by atoms with Gasteiger partial charge in [0, 0.05) is 65.8 Å². The summed E-state index contributed by atoms with van der Waals surface area (Å²) in [5.74, 6) is 0. The van der Waals surface area contributed by atoms with E-state index in [9.17, 15) is 19.2 Å². The molecule has 318 valence electrons. The average Bonchev–Trinajstić information content (AvgIpc) is 1.49. The normalized spacial score (nSPS) is 17.8. The van der Waals surface area contributed by atoms with Crippen molar-refractivity contribution in [1.82, 2.24) is 8.80 Å². The summed E-state index contributed by atoms with van der Waals surface area (Å²) in [6.07, 6.45) is 0. The molecule has 0 bridgehead atoms. The van der Waals surface area contributed by atoms with Crippen LogP contribution in [-0.2, 0) is 0 Å². The highest BCUT2D eigenvalue weighted by Crippen LogP contribution is 2.51. The number of para-hydroxylation sites is 4. The summed E-state index contributed by atoms with van der Waals surface area (Å²) < 4.78 is 229. The largest absolute Gasteiger partial charge is 0.310 e. The van der Waals surface area contributed by atoms with Crippen LogP contribution in [0.25, 0.3) is 76.2 Å². The minimum absolute atomic E-state index is 0.129. The van der Waals surface area contributed by atoms with Crippen LogP contribution in [0.2, 0.25) is 39.3 Å². The number of aromatic nitrogens is 2. The van der Waals surface area contributed by atoms with Gasteiger partial charge in [-0.2, -0.15) is 0 Å². The lowest BCUT2D eigenvalue weighted by atomic mass is 10.0. The molecule has 13 rings (SSSR count). The van der Waals surface area contributed by atoms with Gasteiger partial charge in [0.25, 0.3) is 0 Å². The molecule has 0 saturated carbocycles. The monoisotopic (exact) mass is 907 g/mol. The van der Waals surface area contributed by atoms with Crippen LogP contribution < -0.4 is 20.2 Å². The van der Waals surface area contributed by atoms with Gasteiger partial charge in [-0.15, -0.1) is 0 Å². The molecule has 0 unspecified atom stereocenters. The van der Waals surface area contributed by atoms with E-state index in [1.807, 2.05) is 0 Å². The molecule has 0 aliphatic carbocycles. The zero-order chi connectivity index (χ0) is 65.5. The predicted octanol–water partition coefficient (Wildman–Crippen LogP) is 16.0. The maximum Gasteiger partial charge on any atom is 0.0775 e. The molecule has 0 atom stereocenters. The standard InChI is InChI=1S/C60H50N4Si2/c1-65(2,3)43-29-25-41(26-30-43)61(39-17-9-7-10-18-39)53-35-33-45-49-37-56-50(38-55(49)63-51-23-15-13-21-47(51)57(53)59(45)63)46-34-36-54(58-48-22-14-16-24-52(48)64(56)60(46)58)62(40-19-11-8-12-20-40)42-27-31-44(32-28-42)66(4,5)6/h7-38H,1-6H3/i7D,8D,9D,10D,11D,12D,13D,14D,15D,16D,17D,18D,19D,20D,21D,22D,23D,24D,33D,34D,35D,36D,37D,38D. The highest BCUT2D eigenvalue weighted by molar-refractivity contribution is 6.89. The minimum atomic E-state index is -2.05. The molecule has 0 aliphatic heterocycles. The first-order chi connectivity index (χ1) is 42.0. The minimum Gasteiger partial charge on any atom is -0.310 e. The van der Waals surface area contributed by atoms with E-state index < -0.39 is 173 Å². The van der Waals surface area contributed by atoms with Crippen LogP contribution >= 0.6 is 0 Å². The number of hydrogen-bond acceptors (Lipinski definition) is 2. The van der Waals surface area contributed by atoms with Crippen molar-refractivity contribution >= 4 is 137 Å². The maximum atomic E-state index is 10.6. The molecule has 9 aromatic carbocycles. The van der Waals surface area contributed by atoms with Gasteiger partial charge in [0.1, 0.15) is 0 Å². The fourth-order valence-electron chi connectivity index (χ4n) is 9.41. The molecule has 13 aromatic rings. The second-order valence-electron chi connectivity index (χ2n) is 18.4. The molecule has 0 spiro atoms. The average molecular weight is 907 g/mol. The molecule has 4 nitrogen and oxygen atoms in total. The maximum absolute atomic E-state index is 10.6. The Balaban J connectivity index is 1.28. The SMILES string of the molecule is [2H]c1c([2H])c([2H])c(N(c2ccc([Si](C)(C)C)cc2)c2c([2H])c([2H])c3c4c([2H])c5c(c([2H])c4n4c6c([2H])c([2H])c([2H])c([2H])c6c2c34)c2c([2H])c([2H])c(N(c3ccc([Si](C)(C)C)cc3)c3c([2H])c([2H])c([2H])c([2H])c3[2H])c3c4c([2H])c([2H])c([2H])c([2H])c4n5c23)c([2H])c1[2H]. The second-order valence-corrected chi connectivity index (χ2v) is 28.6. The summed E-state index contributed by atoms with van der Waals surface area (Å²) in [7, 11) is -4.11. The van der Waals surface area contributed by atoms with Crippen LogP contribution in [0.3, 0.4) is 0 Å². The molecule has 6 heteroatoms. The van der Waals surface area contributed by atoms with Crippen molar-refractivity contribution in [2.45, 2.75) is 39.3 Å². The quantitative estimate of drug-likeness (QED) is 0.141. The second kappa shape index (κ2) is 14.1. The molecular formula is C60H50N4Si2. The van der Waals surface area contributed by atoms with Gasteiger partial charge in [-0.25, -0.2) is 0 Å². The van der Waals surface area contributed by atoms with E-state index in [0.29, 0.717) is 0 Å². The molecule has 4 heterocycles. The molecule has 0 radical (unpaired) electrons. The van der Waals surface area contributed by atoms with Crippen LogP contribution in [0.4, 0.5) is 34.1 Å². The molecule has 0 aliphatic rings. The fourth-order valence-corrected chi connectivity index (χ4v) is 11.7. The molecule has 0 fully saturated rings. The Morgan fingerprint density at radius 2 is 0.712 bits per heavy atom. The first-order valence-electron chi connectivity index (χ1n) is 33.3. The third-order valence-electron chi connectivity index (χ3n) is 12.5. The van der Waals surface area contributed by atoms with Crippen molar-refractivity contribution < 1.29 is 32.9 Å². The number of benzene rings is 9. The Labute approximate surface area is 420 Å². The van der Waals surface area contributed by atoms with Crippen LogP contribution in [0, 0.1) is 0 Å². The van der Waals surface area contributed by atoms with Gasteiger partial charge < -0.3 is 18.6 Å². The fraction of sp³-hybridized carbons (Fsp3) is 0.100. The molecule has 66 heavy (non-hydrogen) atoms. The molecule has 0 saturated heterocycles. The van der Waals surface area contributed by atoms with E-state index in [2.05, 4.69) is 39.3 Å². The van der Waals surface area contributed by atoms with Crippen molar-refractivity contribution in [3.63, 3.8) is 0 Å². The van der Waals surface area contributed by atoms with E-state index in [1.165, 1.54) is 18.6 Å². The summed E-state index contributed by atoms with van der Waals surface area (Å²) in [4.78, 5) is 2.40. The smallest absolute Gasteiger partial charge is 0.0775 e. The van der Waals surface area contributed by atoms with Crippen LogP contribution in [0.15, 0.2) is 194 Å². The number of nitrogens with zero attached hydrogens (tertiary/aromatic N) is 4. The number of anilines is 6. The topological polar surface area (TPSA) is 15.3 Å². The summed E-state index contributed by atoms with van der Waals surface area (Å²) in [6, 6.07) is -3.18. The van der Waals surface area contributed by atoms with E-state index in [4.69, 9.17) is 13.7 Å². The first kappa shape index (κ1) is 21.7. The van der Waals surface area contributed by atoms with Crippen molar-refractivity contribution in [3.05, 3.63) is 194 Å². The lowest BCUT2D eigenvalue weighted by Crippen LogP contribution is -2.37. The number of hydrogen-bond donors (Lipinski definition) is 0. The zero-order valence-corrected chi connectivity index (χ0v) is 38.4. The third-order valence-corrected chi connectivity index (χ3v) is 16.7. The number of rotatable bonds is 8. The van der Waals surface area contributed by atoms with Gasteiger partial charge in [0.05, 0.1) is 93.5 Å². The van der Waals surface area contributed by atoms with E-state index in [1.54, 1.807) is 48.5 Å². The van der Waals surface area contributed by atoms with Crippen molar-refractivity contribution in [2.24, 2.45) is 0 Å².